The molecule has 0 radical (unpaired) electrons. The lowest BCUT2D eigenvalue weighted by molar-refractivity contribution is -0.148. The molecule has 0 spiro atoms. The molecule has 3 heteroatoms. The van der Waals surface area contributed by atoms with Crippen molar-refractivity contribution in [2.24, 2.45) is 5.41 Å². The van der Waals surface area contributed by atoms with Crippen molar-refractivity contribution in [3.05, 3.63) is 0 Å². The molecule has 1 fully saturated rings. The first-order chi connectivity index (χ1) is 6.46. The van der Waals surface area contributed by atoms with Gasteiger partial charge in [-0.05, 0) is 18.3 Å². The highest BCUT2D eigenvalue weighted by atomic mass is 16.4. The normalized spacial score (nSPS) is 29.8. The van der Waals surface area contributed by atoms with Crippen molar-refractivity contribution in [2.75, 3.05) is 6.54 Å². The Morgan fingerprint density at radius 2 is 2.21 bits per heavy atom. The largest absolute Gasteiger partial charge is 0.480 e. The quantitative estimate of drug-likeness (QED) is 0.666. The van der Waals surface area contributed by atoms with Gasteiger partial charge in [-0.2, -0.15) is 0 Å². The molecule has 78 valence electrons. The number of carboxylic acid groups (broad SMARTS) is 1. The number of aliphatic carboxylic acids is 1. The first kappa shape index (κ1) is 11.1. The molecule has 1 unspecified atom stereocenters. The summed E-state index contributed by atoms with van der Waals surface area (Å²) in [5, 5.41) is 12.3. The van der Waals surface area contributed by atoms with Gasteiger partial charge in [-0.15, -0.1) is 6.42 Å². The number of carboxylic acids is 1. The van der Waals surface area contributed by atoms with E-state index < -0.39 is 11.5 Å². The van der Waals surface area contributed by atoms with E-state index in [0.29, 0.717) is 13.0 Å². The zero-order valence-electron chi connectivity index (χ0n) is 8.76. The summed E-state index contributed by atoms with van der Waals surface area (Å²) in [5.74, 6) is 1.66. The van der Waals surface area contributed by atoms with E-state index in [0.717, 1.165) is 12.8 Å². The standard InChI is InChI=1S/C11H17NO2/c1-4-8-12-11(9(13)14)7-5-6-10(11,2)3/h1,12H,5-8H2,2-3H3,(H,13,14). The highest BCUT2D eigenvalue weighted by molar-refractivity contribution is 5.80. The van der Waals surface area contributed by atoms with Gasteiger partial charge in [0.1, 0.15) is 5.54 Å². The monoisotopic (exact) mass is 195 g/mol. The molecule has 0 aromatic rings. The van der Waals surface area contributed by atoms with Crippen molar-refractivity contribution >= 4 is 5.97 Å². The summed E-state index contributed by atoms with van der Waals surface area (Å²) in [7, 11) is 0. The molecule has 3 nitrogen and oxygen atoms in total. The molecule has 0 aromatic carbocycles. The lowest BCUT2D eigenvalue weighted by atomic mass is 9.75. The molecular formula is C11H17NO2. The molecule has 1 saturated carbocycles. The average molecular weight is 195 g/mol. The highest BCUT2D eigenvalue weighted by Crippen LogP contribution is 2.45. The van der Waals surface area contributed by atoms with E-state index in [1.165, 1.54) is 0 Å². The van der Waals surface area contributed by atoms with Gasteiger partial charge in [0.2, 0.25) is 0 Å². The number of nitrogens with one attached hydrogen (secondary N) is 1. The fourth-order valence-electron chi connectivity index (χ4n) is 2.35. The molecule has 1 atom stereocenters. The fraction of sp³-hybridized carbons (Fsp3) is 0.727. The lowest BCUT2D eigenvalue weighted by Crippen LogP contribution is -2.58. The minimum Gasteiger partial charge on any atom is -0.480 e. The molecule has 1 rings (SSSR count). The summed E-state index contributed by atoms with van der Waals surface area (Å²) in [5.41, 5.74) is -1.06. The van der Waals surface area contributed by atoms with Crippen LogP contribution in [0.15, 0.2) is 0 Å². The van der Waals surface area contributed by atoms with Gasteiger partial charge in [0.05, 0.1) is 6.54 Å². The Bertz CT molecular complexity index is 278. The minimum absolute atomic E-state index is 0.227. The van der Waals surface area contributed by atoms with E-state index in [-0.39, 0.29) is 5.41 Å². The summed E-state index contributed by atoms with van der Waals surface area (Å²) < 4.78 is 0. The Kier molecular flexibility index (Phi) is 2.86. The Hall–Kier alpha value is -1.01. The summed E-state index contributed by atoms with van der Waals surface area (Å²) in [6.07, 6.45) is 7.68. The minimum atomic E-state index is -0.834. The maximum atomic E-state index is 11.3. The number of hydrogen-bond donors (Lipinski definition) is 2. The average Bonchev–Trinajstić information content (AvgIpc) is 2.38. The number of carbonyl (C=O) groups is 1. The Labute approximate surface area is 84.9 Å². The molecule has 0 amide bonds. The fourth-order valence-corrected chi connectivity index (χ4v) is 2.35. The van der Waals surface area contributed by atoms with Gasteiger partial charge in [0.15, 0.2) is 0 Å². The molecule has 0 saturated heterocycles. The molecule has 2 N–H and O–H groups in total. The SMILES string of the molecule is C#CCNC1(C(=O)O)CCCC1(C)C. The van der Waals surface area contributed by atoms with Crippen LogP contribution in [-0.2, 0) is 4.79 Å². The van der Waals surface area contributed by atoms with E-state index in [4.69, 9.17) is 6.42 Å². The zero-order valence-corrected chi connectivity index (χ0v) is 8.76. The Morgan fingerprint density at radius 1 is 1.57 bits per heavy atom. The van der Waals surface area contributed by atoms with Crippen LogP contribution in [0.3, 0.4) is 0 Å². The van der Waals surface area contributed by atoms with Crippen molar-refractivity contribution in [3.63, 3.8) is 0 Å². The van der Waals surface area contributed by atoms with Crippen LogP contribution < -0.4 is 5.32 Å². The zero-order chi connectivity index (χ0) is 10.8. The third-order valence-corrected chi connectivity index (χ3v) is 3.37. The number of terminal acetylenes is 1. The maximum absolute atomic E-state index is 11.3. The number of rotatable bonds is 3. The van der Waals surface area contributed by atoms with E-state index in [9.17, 15) is 9.90 Å². The van der Waals surface area contributed by atoms with Crippen molar-refractivity contribution in [1.82, 2.24) is 5.32 Å². The third-order valence-electron chi connectivity index (χ3n) is 3.37. The molecule has 1 aliphatic rings. The lowest BCUT2D eigenvalue weighted by Gasteiger charge is -2.38. The van der Waals surface area contributed by atoms with Crippen LogP contribution >= 0.6 is 0 Å². The summed E-state index contributed by atoms with van der Waals surface area (Å²) >= 11 is 0. The van der Waals surface area contributed by atoms with Gasteiger partial charge in [-0.3, -0.25) is 10.1 Å². The predicted octanol–water partition coefficient (Wildman–Crippen LogP) is 1.24. The molecule has 14 heavy (non-hydrogen) atoms. The second kappa shape index (κ2) is 3.62. The van der Waals surface area contributed by atoms with E-state index in [2.05, 4.69) is 11.2 Å². The van der Waals surface area contributed by atoms with E-state index in [1.54, 1.807) is 0 Å². The van der Waals surface area contributed by atoms with Gasteiger partial charge in [-0.25, -0.2) is 0 Å². The van der Waals surface area contributed by atoms with Crippen LogP contribution in [0.1, 0.15) is 33.1 Å². The van der Waals surface area contributed by atoms with Crippen LogP contribution in [0.5, 0.6) is 0 Å². The van der Waals surface area contributed by atoms with Crippen LogP contribution in [0, 0.1) is 17.8 Å². The van der Waals surface area contributed by atoms with Crippen LogP contribution in [0.4, 0.5) is 0 Å². The van der Waals surface area contributed by atoms with E-state index >= 15 is 0 Å². The van der Waals surface area contributed by atoms with Gasteiger partial charge in [-0.1, -0.05) is 26.2 Å². The molecule has 0 heterocycles. The summed E-state index contributed by atoms with van der Waals surface area (Å²) in [4.78, 5) is 11.3. The van der Waals surface area contributed by atoms with Crippen molar-refractivity contribution in [2.45, 2.75) is 38.6 Å². The Balaban J connectivity index is 2.93. The van der Waals surface area contributed by atoms with Gasteiger partial charge < -0.3 is 5.11 Å². The first-order valence-corrected chi connectivity index (χ1v) is 4.88. The smallest absolute Gasteiger partial charge is 0.324 e. The topological polar surface area (TPSA) is 49.3 Å². The molecule has 0 aromatic heterocycles. The van der Waals surface area contributed by atoms with Crippen molar-refractivity contribution in [3.8, 4) is 12.3 Å². The van der Waals surface area contributed by atoms with Crippen LogP contribution in [0.2, 0.25) is 0 Å². The summed E-state index contributed by atoms with van der Waals surface area (Å²) in [6.45, 7) is 4.28. The first-order valence-electron chi connectivity index (χ1n) is 4.88. The highest BCUT2D eigenvalue weighted by Gasteiger charge is 2.54. The number of hydrogen-bond acceptors (Lipinski definition) is 2. The predicted molar refractivity (Wildman–Crippen MR) is 54.8 cm³/mol. The third kappa shape index (κ3) is 1.51. The summed E-state index contributed by atoms with van der Waals surface area (Å²) in [6, 6.07) is 0. The van der Waals surface area contributed by atoms with Crippen LogP contribution in [-0.4, -0.2) is 23.2 Å². The van der Waals surface area contributed by atoms with Gasteiger partial charge >= 0.3 is 5.97 Å². The van der Waals surface area contributed by atoms with Crippen LogP contribution in [0.25, 0.3) is 0 Å². The van der Waals surface area contributed by atoms with Crippen molar-refractivity contribution in [1.29, 1.82) is 0 Å². The van der Waals surface area contributed by atoms with Gasteiger partial charge in [0.25, 0.3) is 0 Å². The molecule has 0 aliphatic heterocycles. The Morgan fingerprint density at radius 3 is 2.57 bits per heavy atom. The van der Waals surface area contributed by atoms with Crippen molar-refractivity contribution < 1.29 is 9.90 Å². The second-order valence-electron chi connectivity index (χ2n) is 4.51. The van der Waals surface area contributed by atoms with E-state index in [1.807, 2.05) is 13.8 Å². The maximum Gasteiger partial charge on any atom is 0.324 e. The molecule has 1 aliphatic carbocycles. The molecule has 0 bridgehead atoms. The second-order valence-corrected chi connectivity index (χ2v) is 4.51. The molecular weight excluding hydrogens is 178 g/mol. The van der Waals surface area contributed by atoms with Gasteiger partial charge in [0, 0.05) is 0 Å².